The number of hydrogen-bond acceptors (Lipinski definition) is 4. The van der Waals surface area contributed by atoms with Crippen LogP contribution in [0.1, 0.15) is 24.1 Å². The third-order valence-corrected chi connectivity index (χ3v) is 2.94. The van der Waals surface area contributed by atoms with Crippen molar-refractivity contribution in [1.29, 1.82) is 0 Å². The van der Waals surface area contributed by atoms with Gasteiger partial charge in [-0.15, -0.1) is 0 Å². The van der Waals surface area contributed by atoms with Gasteiger partial charge >= 0.3 is 0 Å². The lowest BCUT2D eigenvalue weighted by molar-refractivity contribution is -0.135. The van der Waals surface area contributed by atoms with Crippen molar-refractivity contribution in [3.05, 3.63) is 35.4 Å². The zero-order valence-electron chi connectivity index (χ0n) is 10.8. The second-order valence-electron chi connectivity index (χ2n) is 4.47. The van der Waals surface area contributed by atoms with Crippen LogP contribution in [0.4, 0.5) is 0 Å². The van der Waals surface area contributed by atoms with Gasteiger partial charge in [0.05, 0.1) is 12.3 Å². The molecule has 0 bridgehead atoms. The zero-order chi connectivity index (χ0) is 14.0. The predicted octanol–water partition coefficient (Wildman–Crippen LogP) is -0.00300. The van der Waals surface area contributed by atoms with Crippen molar-refractivity contribution < 1.29 is 9.59 Å². The van der Waals surface area contributed by atoms with Gasteiger partial charge in [-0.05, 0) is 12.5 Å². The molecule has 6 nitrogen and oxygen atoms in total. The zero-order valence-corrected chi connectivity index (χ0v) is 10.8. The van der Waals surface area contributed by atoms with E-state index in [0.717, 1.165) is 11.1 Å². The summed E-state index contributed by atoms with van der Waals surface area (Å²) in [5.41, 5.74) is 7.04. The fourth-order valence-electron chi connectivity index (χ4n) is 1.83. The molecule has 2 amide bonds. The van der Waals surface area contributed by atoms with Crippen molar-refractivity contribution >= 4 is 18.0 Å². The molecule has 100 valence electrons. The molecule has 1 aliphatic heterocycles. The number of nitrogens with zero attached hydrogens (tertiary/aromatic N) is 2. The highest BCUT2D eigenvalue weighted by molar-refractivity contribution is 5.95. The van der Waals surface area contributed by atoms with Crippen molar-refractivity contribution in [2.24, 2.45) is 10.8 Å². The van der Waals surface area contributed by atoms with Crippen LogP contribution in [0.25, 0.3) is 0 Å². The minimum Gasteiger partial charge on any atom is -0.339 e. The Morgan fingerprint density at radius 2 is 2.16 bits per heavy atom. The summed E-state index contributed by atoms with van der Waals surface area (Å²) in [6.45, 7) is 1.57. The first-order valence-electron chi connectivity index (χ1n) is 5.97. The number of hydrazone groups is 1. The molecule has 1 aliphatic rings. The Labute approximate surface area is 111 Å². The fraction of sp³-hybridized carbons (Fsp3) is 0.308. The smallest absolute Gasteiger partial charge is 0.269 e. The molecule has 0 saturated carbocycles. The van der Waals surface area contributed by atoms with Gasteiger partial charge < -0.3 is 11.1 Å². The quantitative estimate of drug-likeness (QED) is 0.784. The molecule has 0 spiro atoms. The molecule has 0 unspecified atom stereocenters. The Bertz CT molecular complexity index is 539. The second kappa shape index (κ2) is 5.19. The molecule has 0 aromatic heterocycles. The summed E-state index contributed by atoms with van der Waals surface area (Å²) in [7, 11) is 1.55. The van der Waals surface area contributed by atoms with E-state index in [1.165, 1.54) is 5.01 Å². The molecule has 3 N–H and O–H groups in total. The topological polar surface area (TPSA) is 87.8 Å². The molecule has 19 heavy (non-hydrogen) atoms. The lowest BCUT2D eigenvalue weighted by Gasteiger charge is -2.21. The Balaban J connectivity index is 2.40. The van der Waals surface area contributed by atoms with Gasteiger partial charge in [-0.3, -0.25) is 9.59 Å². The van der Waals surface area contributed by atoms with Crippen LogP contribution in [0.5, 0.6) is 0 Å². The fourth-order valence-corrected chi connectivity index (χ4v) is 1.83. The largest absolute Gasteiger partial charge is 0.339 e. The first-order chi connectivity index (χ1) is 9.00. The molecule has 1 aromatic rings. The van der Waals surface area contributed by atoms with Crippen molar-refractivity contribution in [3.63, 3.8) is 0 Å². The summed E-state index contributed by atoms with van der Waals surface area (Å²) in [4.78, 5) is 24.0. The minimum atomic E-state index is -0.762. The van der Waals surface area contributed by atoms with Crippen molar-refractivity contribution in [2.75, 3.05) is 7.05 Å². The number of nitrogens with two attached hydrogens (primary N) is 1. The summed E-state index contributed by atoms with van der Waals surface area (Å²) in [5, 5.41) is 7.90. The van der Waals surface area contributed by atoms with Crippen LogP contribution in [0.3, 0.4) is 0 Å². The maximum absolute atomic E-state index is 12.2. The molecule has 0 saturated heterocycles. The number of benzene rings is 1. The van der Waals surface area contributed by atoms with Crippen LogP contribution in [-0.2, 0) is 9.59 Å². The predicted molar refractivity (Wildman–Crippen MR) is 71.3 cm³/mol. The maximum Gasteiger partial charge on any atom is 0.269 e. The molecule has 0 radical (unpaired) electrons. The van der Waals surface area contributed by atoms with Crippen LogP contribution in [-0.4, -0.2) is 36.1 Å². The lowest BCUT2D eigenvalue weighted by atomic mass is 10.00. The SMILES string of the molecule is C[C@H](N)C(=O)N[C@@H]1C(=O)N(C)N=Cc2ccccc21. The van der Waals surface area contributed by atoms with E-state index in [1.807, 2.05) is 18.2 Å². The van der Waals surface area contributed by atoms with Crippen LogP contribution >= 0.6 is 0 Å². The lowest BCUT2D eigenvalue weighted by Crippen LogP contribution is -2.45. The molecular formula is C13H16N4O2. The van der Waals surface area contributed by atoms with Gasteiger partial charge in [0, 0.05) is 12.6 Å². The summed E-state index contributed by atoms with van der Waals surface area (Å²) in [5.74, 6) is -0.668. The Hall–Kier alpha value is -2.21. The number of carbonyl (C=O) groups is 2. The van der Waals surface area contributed by atoms with Gasteiger partial charge in [0.1, 0.15) is 6.04 Å². The number of amides is 2. The van der Waals surface area contributed by atoms with Crippen LogP contribution in [0, 0.1) is 0 Å². The summed E-state index contributed by atoms with van der Waals surface area (Å²) >= 11 is 0. The first kappa shape index (κ1) is 13.2. The number of hydrogen-bond donors (Lipinski definition) is 2. The van der Waals surface area contributed by atoms with Crippen LogP contribution in [0.15, 0.2) is 29.4 Å². The van der Waals surface area contributed by atoms with E-state index < -0.39 is 12.1 Å². The average molecular weight is 260 g/mol. The molecule has 1 aromatic carbocycles. The third-order valence-electron chi connectivity index (χ3n) is 2.94. The molecule has 2 atom stereocenters. The minimum absolute atomic E-state index is 0.296. The molecular weight excluding hydrogens is 244 g/mol. The molecule has 6 heteroatoms. The summed E-state index contributed by atoms with van der Waals surface area (Å²) in [6, 6.07) is 5.87. The molecule has 0 aliphatic carbocycles. The molecule has 0 fully saturated rings. The monoisotopic (exact) mass is 260 g/mol. The maximum atomic E-state index is 12.2. The Morgan fingerprint density at radius 1 is 1.47 bits per heavy atom. The summed E-state index contributed by atoms with van der Waals surface area (Å²) in [6.07, 6.45) is 1.60. The highest BCUT2D eigenvalue weighted by atomic mass is 16.2. The number of carbonyl (C=O) groups excluding carboxylic acids is 2. The Morgan fingerprint density at radius 3 is 2.84 bits per heavy atom. The molecule has 2 rings (SSSR count). The summed E-state index contributed by atoms with van der Waals surface area (Å²) < 4.78 is 0. The van der Waals surface area contributed by atoms with Gasteiger partial charge in [0.25, 0.3) is 5.91 Å². The standard InChI is InChI=1S/C13H16N4O2/c1-8(14)12(18)16-11-10-6-4-3-5-9(10)7-15-17(2)13(11)19/h3-8,11H,14H2,1-2H3,(H,16,18)/t8-,11-/m0/s1. The van der Waals surface area contributed by atoms with E-state index in [2.05, 4.69) is 10.4 Å². The van der Waals surface area contributed by atoms with Crippen LogP contribution < -0.4 is 11.1 Å². The second-order valence-corrected chi connectivity index (χ2v) is 4.47. The van der Waals surface area contributed by atoms with Crippen molar-refractivity contribution in [1.82, 2.24) is 10.3 Å². The van der Waals surface area contributed by atoms with Gasteiger partial charge in [0.15, 0.2) is 0 Å². The van der Waals surface area contributed by atoms with E-state index in [4.69, 9.17) is 5.73 Å². The highest BCUT2D eigenvalue weighted by Gasteiger charge is 2.29. The number of nitrogens with one attached hydrogen (secondary N) is 1. The van der Waals surface area contributed by atoms with E-state index in [-0.39, 0.29) is 11.8 Å². The average Bonchev–Trinajstić information content (AvgIpc) is 2.51. The van der Waals surface area contributed by atoms with E-state index >= 15 is 0 Å². The van der Waals surface area contributed by atoms with Gasteiger partial charge in [-0.1, -0.05) is 24.3 Å². The Kier molecular flexibility index (Phi) is 3.62. The molecule has 1 heterocycles. The van der Waals surface area contributed by atoms with E-state index in [0.29, 0.717) is 0 Å². The first-order valence-corrected chi connectivity index (χ1v) is 5.97. The van der Waals surface area contributed by atoms with E-state index in [9.17, 15) is 9.59 Å². The van der Waals surface area contributed by atoms with Gasteiger partial charge in [-0.25, -0.2) is 5.01 Å². The number of fused-ring (bicyclic) bond motifs is 1. The van der Waals surface area contributed by atoms with Gasteiger partial charge in [0.2, 0.25) is 5.91 Å². The number of rotatable bonds is 2. The van der Waals surface area contributed by atoms with Crippen LogP contribution in [0.2, 0.25) is 0 Å². The third kappa shape index (κ3) is 2.63. The normalized spacial score (nSPS) is 19.6. The van der Waals surface area contributed by atoms with Crippen molar-refractivity contribution in [3.8, 4) is 0 Å². The van der Waals surface area contributed by atoms with Gasteiger partial charge in [-0.2, -0.15) is 5.10 Å². The van der Waals surface area contributed by atoms with Crippen molar-refractivity contribution in [2.45, 2.75) is 19.0 Å². The number of likely N-dealkylation sites (N-methyl/N-ethyl adjacent to an activating group) is 1. The highest BCUT2D eigenvalue weighted by Crippen LogP contribution is 2.21. The van der Waals surface area contributed by atoms with E-state index in [1.54, 1.807) is 26.3 Å².